The highest BCUT2D eigenvalue weighted by Crippen LogP contribution is 2.19. The van der Waals surface area contributed by atoms with E-state index in [9.17, 15) is 8.42 Å². The molecular weight excluding hydrogens is 260 g/mol. The smallest absolute Gasteiger partial charge is 0.242 e. The van der Waals surface area contributed by atoms with Crippen molar-refractivity contribution in [2.24, 2.45) is 5.73 Å². The van der Waals surface area contributed by atoms with Gasteiger partial charge in [0.05, 0.1) is 5.02 Å². The number of benzene rings is 1. The number of nitrogens with one attached hydrogen (secondary N) is 1. The van der Waals surface area contributed by atoms with Gasteiger partial charge in [-0.15, -0.1) is 0 Å². The Hall–Kier alpha value is -0.620. The highest BCUT2D eigenvalue weighted by molar-refractivity contribution is 7.89. The molecule has 0 fully saturated rings. The van der Waals surface area contributed by atoms with Gasteiger partial charge in [0, 0.05) is 6.54 Å². The minimum absolute atomic E-state index is 0.125. The van der Waals surface area contributed by atoms with Crippen molar-refractivity contribution in [2.45, 2.75) is 24.2 Å². The fourth-order valence-corrected chi connectivity index (χ4v) is 2.98. The maximum absolute atomic E-state index is 11.9. The second kappa shape index (κ2) is 6.96. The fraction of sp³-hybridized carbons (Fsp3) is 0.455. The summed E-state index contributed by atoms with van der Waals surface area (Å²) < 4.78 is 26.3. The number of hydrogen-bond acceptors (Lipinski definition) is 3. The number of rotatable bonds is 7. The molecule has 1 rings (SSSR count). The zero-order valence-corrected chi connectivity index (χ0v) is 11.1. The van der Waals surface area contributed by atoms with Crippen molar-refractivity contribution in [3.05, 3.63) is 29.3 Å². The van der Waals surface area contributed by atoms with E-state index in [4.69, 9.17) is 17.3 Å². The standard InChI is InChI=1S/C11H17ClN2O2S/c12-10-6-2-3-7-11(10)17(15,16)14-9-5-1-4-8-13/h2-3,6-7,14H,1,4-5,8-9,13H2. The van der Waals surface area contributed by atoms with E-state index in [1.165, 1.54) is 6.07 Å². The van der Waals surface area contributed by atoms with E-state index in [0.29, 0.717) is 13.1 Å². The molecule has 0 saturated heterocycles. The molecule has 0 unspecified atom stereocenters. The Morgan fingerprint density at radius 1 is 1.18 bits per heavy atom. The van der Waals surface area contributed by atoms with Crippen LogP contribution >= 0.6 is 11.6 Å². The molecule has 0 radical (unpaired) electrons. The van der Waals surface area contributed by atoms with Gasteiger partial charge in [-0.3, -0.25) is 0 Å². The number of sulfonamides is 1. The van der Waals surface area contributed by atoms with Gasteiger partial charge in [0.2, 0.25) is 10.0 Å². The van der Waals surface area contributed by atoms with E-state index in [2.05, 4.69) is 4.72 Å². The molecule has 0 aliphatic rings. The predicted octanol–water partition coefficient (Wildman–Crippen LogP) is 1.75. The van der Waals surface area contributed by atoms with Crippen molar-refractivity contribution in [1.82, 2.24) is 4.72 Å². The lowest BCUT2D eigenvalue weighted by Crippen LogP contribution is -2.25. The molecule has 0 atom stereocenters. The van der Waals surface area contributed by atoms with Gasteiger partial charge >= 0.3 is 0 Å². The molecule has 1 aromatic rings. The van der Waals surface area contributed by atoms with Crippen LogP contribution in [-0.4, -0.2) is 21.5 Å². The Morgan fingerprint density at radius 2 is 1.88 bits per heavy atom. The lowest BCUT2D eigenvalue weighted by atomic mass is 10.2. The SMILES string of the molecule is NCCCCCNS(=O)(=O)c1ccccc1Cl. The third-order valence-corrected chi connectivity index (χ3v) is 4.26. The van der Waals surface area contributed by atoms with Crippen molar-refractivity contribution in [3.63, 3.8) is 0 Å². The van der Waals surface area contributed by atoms with E-state index in [1.54, 1.807) is 18.2 Å². The van der Waals surface area contributed by atoms with Crippen molar-refractivity contribution in [1.29, 1.82) is 0 Å². The second-order valence-electron chi connectivity index (χ2n) is 3.68. The molecule has 0 saturated carbocycles. The van der Waals surface area contributed by atoms with Crippen molar-refractivity contribution in [3.8, 4) is 0 Å². The summed E-state index contributed by atoms with van der Waals surface area (Å²) >= 11 is 5.84. The summed E-state index contributed by atoms with van der Waals surface area (Å²) in [6.45, 7) is 1.05. The predicted molar refractivity (Wildman–Crippen MR) is 69.5 cm³/mol. The molecule has 17 heavy (non-hydrogen) atoms. The largest absolute Gasteiger partial charge is 0.330 e. The maximum atomic E-state index is 11.9. The van der Waals surface area contributed by atoms with Crippen LogP contribution in [0.1, 0.15) is 19.3 Å². The van der Waals surface area contributed by atoms with Crippen LogP contribution in [0.2, 0.25) is 5.02 Å². The minimum atomic E-state index is -3.49. The lowest BCUT2D eigenvalue weighted by molar-refractivity contribution is 0.575. The van der Waals surface area contributed by atoms with Crippen LogP contribution in [0, 0.1) is 0 Å². The highest BCUT2D eigenvalue weighted by atomic mass is 35.5. The van der Waals surface area contributed by atoms with Crippen LogP contribution < -0.4 is 10.5 Å². The Kier molecular flexibility index (Phi) is 5.91. The first kappa shape index (κ1) is 14.4. The zero-order valence-electron chi connectivity index (χ0n) is 9.52. The van der Waals surface area contributed by atoms with Gasteiger partial charge < -0.3 is 5.73 Å². The van der Waals surface area contributed by atoms with Crippen LogP contribution in [0.5, 0.6) is 0 Å². The third kappa shape index (κ3) is 4.63. The molecule has 0 aliphatic heterocycles. The topological polar surface area (TPSA) is 72.2 Å². The Morgan fingerprint density at radius 3 is 2.53 bits per heavy atom. The number of unbranched alkanes of at least 4 members (excludes halogenated alkanes) is 2. The van der Waals surface area contributed by atoms with E-state index < -0.39 is 10.0 Å². The summed E-state index contributed by atoms with van der Waals surface area (Å²) in [7, 11) is -3.49. The van der Waals surface area contributed by atoms with Crippen LogP contribution in [0.3, 0.4) is 0 Å². The molecule has 0 bridgehead atoms. The molecule has 0 spiro atoms. The maximum Gasteiger partial charge on any atom is 0.242 e. The summed E-state index contributed by atoms with van der Waals surface area (Å²) in [6.07, 6.45) is 2.61. The summed E-state index contributed by atoms with van der Waals surface area (Å²) in [5.74, 6) is 0. The monoisotopic (exact) mass is 276 g/mol. The zero-order chi connectivity index (χ0) is 12.7. The van der Waals surface area contributed by atoms with Crippen molar-refractivity contribution >= 4 is 21.6 Å². The van der Waals surface area contributed by atoms with Gasteiger partial charge in [-0.05, 0) is 31.5 Å². The molecule has 1 aromatic carbocycles. The first-order valence-corrected chi connectivity index (χ1v) is 7.38. The number of nitrogens with two attached hydrogens (primary N) is 1. The van der Waals surface area contributed by atoms with Crippen LogP contribution in [0.25, 0.3) is 0 Å². The molecule has 3 N–H and O–H groups in total. The first-order chi connectivity index (χ1) is 8.08. The summed E-state index contributed by atoms with van der Waals surface area (Å²) in [5.41, 5.74) is 5.35. The molecule has 4 nitrogen and oxygen atoms in total. The van der Waals surface area contributed by atoms with Gasteiger partial charge in [0.1, 0.15) is 4.90 Å². The van der Waals surface area contributed by atoms with Crippen molar-refractivity contribution < 1.29 is 8.42 Å². The number of halogens is 1. The molecule has 0 heterocycles. The lowest BCUT2D eigenvalue weighted by Gasteiger charge is -2.07. The molecular formula is C11H17ClN2O2S. The average molecular weight is 277 g/mol. The highest BCUT2D eigenvalue weighted by Gasteiger charge is 2.15. The molecule has 96 valence electrons. The third-order valence-electron chi connectivity index (χ3n) is 2.30. The summed E-state index contributed by atoms with van der Waals surface area (Å²) in [4.78, 5) is 0.125. The van der Waals surface area contributed by atoms with E-state index in [-0.39, 0.29) is 9.92 Å². The van der Waals surface area contributed by atoms with Gasteiger partial charge in [-0.1, -0.05) is 30.2 Å². The summed E-state index contributed by atoms with van der Waals surface area (Å²) in [6, 6.07) is 6.40. The van der Waals surface area contributed by atoms with Crippen LogP contribution in [0.4, 0.5) is 0 Å². The average Bonchev–Trinajstić information content (AvgIpc) is 2.29. The van der Waals surface area contributed by atoms with Crippen LogP contribution in [-0.2, 0) is 10.0 Å². The summed E-state index contributed by atoms with van der Waals surface area (Å²) in [5, 5.41) is 0.238. The Balaban J connectivity index is 2.55. The normalized spacial score (nSPS) is 11.6. The fourth-order valence-electron chi connectivity index (χ4n) is 1.39. The molecule has 0 aromatic heterocycles. The number of hydrogen-bond donors (Lipinski definition) is 2. The minimum Gasteiger partial charge on any atom is -0.330 e. The van der Waals surface area contributed by atoms with E-state index in [0.717, 1.165) is 19.3 Å². The van der Waals surface area contributed by atoms with Crippen molar-refractivity contribution in [2.75, 3.05) is 13.1 Å². The second-order valence-corrected chi connectivity index (χ2v) is 5.82. The quantitative estimate of drug-likeness (QED) is 0.745. The van der Waals surface area contributed by atoms with Gasteiger partial charge in [-0.2, -0.15) is 0 Å². The van der Waals surface area contributed by atoms with E-state index >= 15 is 0 Å². The Labute approximate surface area is 107 Å². The van der Waals surface area contributed by atoms with Gasteiger partial charge in [-0.25, -0.2) is 13.1 Å². The van der Waals surface area contributed by atoms with E-state index in [1.807, 2.05) is 0 Å². The van der Waals surface area contributed by atoms with Gasteiger partial charge in [0.15, 0.2) is 0 Å². The van der Waals surface area contributed by atoms with Gasteiger partial charge in [0.25, 0.3) is 0 Å². The Bertz CT molecular complexity index is 449. The van der Waals surface area contributed by atoms with Crippen LogP contribution in [0.15, 0.2) is 29.2 Å². The first-order valence-electron chi connectivity index (χ1n) is 5.52. The molecule has 0 amide bonds. The molecule has 6 heteroatoms. The molecule has 0 aliphatic carbocycles.